The van der Waals surface area contributed by atoms with Crippen LogP contribution in [-0.4, -0.2) is 6.29 Å². The summed E-state index contributed by atoms with van der Waals surface area (Å²) in [5, 5.41) is 3.39. The van der Waals surface area contributed by atoms with Crippen LogP contribution in [-0.2, 0) is 4.79 Å². The first-order valence-electron chi connectivity index (χ1n) is 8.53. The molecule has 0 saturated carbocycles. The summed E-state index contributed by atoms with van der Waals surface area (Å²) in [4.78, 5) is 11.7. The molecule has 2 nitrogen and oxygen atoms in total. The van der Waals surface area contributed by atoms with Gasteiger partial charge in [-0.25, -0.2) is 0 Å². The van der Waals surface area contributed by atoms with Crippen LogP contribution in [0.2, 0.25) is 0 Å². The molecule has 3 aromatic rings. The van der Waals surface area contributed by atoms with Crippen LogP contribution in [0.1, 0.15) is 30.9 Å². The highest BCUT2D eigenvalue weighted by molar-refractivity contribution is 5.64. The van der Waals surface area contributed by atoms with E-state index in [9.17, 15) is 4.79 Å². The number of aldehydes is 1. The fourth-order valence-corrected chi connectivity index (χ4v) is 3.21. The Morgan fingerprint density at radius 3 is 1.76 bits per heavy atom. The van der Waals surface area contributed by atoms with Gasteiger partial charge in [-0.3, -0.25) is 0 Å². The number of rotatable bonds is 6. The van der Waals surface area contributed by atoms with Crippen LogP contribution in [0.5, 0.6) is 0 Å². The molecular formula is C23H23NO. The Balaban J connectivity index is 1.91. The number of para-hydroxylation sites is 1. The Hall–Kier alpha value is -2.87. The first kappa shape index (κ1) is 17.0. The molecular weight excluding hydrogens is 306 g/mol. The van der Waals surface area contributed by atoms with E-state index >= 15 is 0 Å². The molecule has 0 aliphatic rings. The van der Waals surface area contributed by atoms with Crippen LogP contribution in [0.3, 0.4) is 0 Å². The van der Waals surface area contributed by atoms with Crippen molar-refractivity contribution in [3.05, 3.63) is 96.1 Å². The molecule has 0 aromatic heterocycles. The highest BCUT2D eigenvalue weighted by atomic mass is 16.1. The predicted octanol–water partition coefficient (Wildman–Crippen LogP) is 5.79. The van der Waals surface area contributed by atoms with Gasteiger partial charge in [-0.05, 0) is 35.4 Å². The van der Waals surface area contributed by atoms with Crippen molar-refractivity contribution in [1.82, 2.24) is 0 Å². The maximum Gasteiger partial charge on any atom is 0.126 e. The van der Waals surface area contributed by atoms with Gasteiger partial charge in [0.05, 0.1) is 0 Å². The van der Waals surface area contributed by atoms with Crippen LogP contribution < -0.4 is 5.32 Å². The van der Waals surface area contributed by atoms with Crippen molar-refractivity contribution >= 4 is 17.7 Å². The normalized spacial score (nSPS) is 12.4. The van der Waals surface area contributed by atoms with Crippen LogP contribution in [0.4, 0.5) is 11.4 Å². The van der Waals surface area contributed by atoms with Crippen LogP contribution in [0.25, 0.3) is 0 Å². The molecule has 0 aliphatic carbocycles. The summed E-state index contributed by atoms with van der Waals surface area (Å²) in [5.41, 5.74) is 3.91. The number of carbonyl (C=O) groups excluding carboxylic acids is 1. The lowest BCUT2D eigenvalue weighted by atomic mass is 9.72. The Morgan fingerprint density at radius 1 is 0.720 bits per heavy atom. The van der Waals surface area contributed by atoms with Crippen molar-refractivity contribution in [3.63, 3.8) is 0 Å². The van der Waals surface area contributed by atoms with Gasteiger partial charge in [0, 0.05) is 22.7 Å². The van der Waals surface area contributed by atoms with Gasteiger partial charge >= 0.3 is 0 Å². The summed E-state index contributed by atoms with van der Waals surface area (Å²) in [6, 6.07) is 28.7. The van der Waals surface area contributed by atoms with Gasteiger partial charge in [0.15, 0.2) is 0 Å². The first-order valence-corrected chi connectivity index (χ1v) is 8.53. The number of benzene rings is 3. The third kappa shape index (κ3) is 3.97. The zero-order valence-electron chi connectivity index (χ0n) is 14.6. The Labute approximate surface area is 149 Å². The van der Waals surface area contributed by atoms with Crippen molar-refractivity contribution in [1.29, 1.82) is 0 Å². The molecule has 0 saturated heterocycles. The van der Waals surface area contributed by atoms with Gasteiger partial charge in [-0.2, -0.15) is 0 Å². The molecule has 126 valence electrons. The summed E-state index contributed by atoms with van der Waals surface area (Å²) >= 11 is 0. The second-order valence-corrected chi connectivity index (χ2v) is 6.90. The van der Waals surface area contributed by atoms with Crippen molar-refractivity contribution in [3.8, 4) is 0 Å². The molecule has 0 spiro atoms. The molecule has 2 heteroatoms. The number of carbonyl (C=O) groups is 1. The van der Waals surface area contributed by atoms with Gasteiger partial charge in [0.2, 0.25) is 0 Å². The molecule has 0 heterocycles. The lowest BCUT2D eigenvalue weighted by Gasteiger charge is -2.30. The van der Waals surface area contributed by atoms with Gasteiger partial charge in [-0.15, -0.1) is 0 Å². The molecule has 0 aliphatic heterocycles. The minimum Gasteiger partial charge on any atom is -0.356 e. The highest BCUT2D eigenvalue weighted by Gasteiger charge is 2.31. The lowest BCUT2D eigenvalue weighted by Crippen LogP contribution is -2.24. The molecule has 0 bridgehead atoms. The summed E-state index contributed by atoms with van der Waals surface area (Å²) in [7, 11) is 0. The van der Waals surface area contributed by atoms with E-state index in [4.69, 9.17) is 0 Å². The molecule has 0 radical (unpaired) electrons. The predicted molar refractivity (Wildman–Crippen MR) is 104 cm³/mol. The van der Waals surface area contributed by atoms with E-state index < -0.39 is 5.41 Å². The topological polar surface area (TPSA) is 29.1 Å². The van der Waals surface area contributed by atoms with Gasteiger partial charge in [0.1, 0.15) is 6.29 Å². The first-order chi connectivity index (χ1) is 12.1. The van der Waals surface area contributed by atoms with E-state index in [2.05, 4.69) is 41.7 Å². The molecule has 1 unspecified atom stereocenters. The molecule has 3 rings (SSSR count). The zero-order valence-corrected chi connectivity index (χ0v) is 14.6. The Bertz CT molecular complexity index is 808. The average Bonchev–Trinajstić information content (AvgIpc) is 2.65. The van der Waals surface area contributed by atoms with Crippen molar-refractivity contribution in [2.24, 2.45) is 5.41 Å². The minimum atomic E-state index is -0.476. The SMILES string of the molecule is CC(C)(C=O)C(c1ccccc1)c1ccc(Nc2ccccc2)cc1. The fraction of sp³-hybridized carbons (Fsp3) is 0.174. The number of hydrogen-bond donors (Lipinski definition) is 1. The van der Waals surface area contributed by atoms with E-state index in [0.717, 1.165) is 28.8 Å². The zero-order chi connectivity index (χ0) is 17.7. The molecule has 0 fully saturated rings. The maximum atomic E-state index is 11.7. The number of anilines is 2. The van der Waals surface area contributed by atoms with Gasteiger partial charge < -0.3 is 10.1 Å². The third-order valence-electron chi connectivity index (χ3n) is 4.49. The van der Waals surface area contributed by atoms with Gasteiger partial charge in [-0.1, -0.05) is 74.5 Å². The van der Waals surface area contributed by atoms with E-state index in [1.165, 1.54) is 0 Å². The van der Waals surface area contributed by atoms with Crippen LogP contribution in [0.15, 0.2) is 84.9 Å². The summed E-state index contributed by atoms with van der Waals surface area (Å²) in [6.07, 6.45) is 1.06. The molecule has 1 atom stereocenters. The summed E-state index contributed by atoms with van der Waals surface area (Å²) in [5.74, 6) is 0.0250. The second-order valence-electron chi connectivity index (χ2n) is 6.90. The summed E-state index contributed by atoms with van der Waals surface area (Å²) in [6.45, 7) is 3.99. The van der Waals surface area contributed by atoms with E-state index in [1.54, 1.807) is 0 Å². The summed E-state index contributed by atoms with van der Waals surface area (Å²) < 4.78 is 0. The van der Waals surface area contributed by atoms with E-state index in [-0.39, 0.29) is 5.92 Å². The molecule has 1 N–H and O–H groups in total. The fourth-order valence-electron chi connectivity index (χ4n) is 3.21. The van der Waals surface area contributed by atoms with E-state index in [1.807, 2.05) is 62.4 Å². The van der Waals surface area contributed by atoms with Crippen molar-refractivity contribution < 1.29 is 4.79 Å². The second kappa shape index (κ2) is 7.35. The quantitative estimate of drug-likeness (QED) is 0.580. The largest absolute Gasteiger partial charge is 0.356 e. The molecule has 25 heavy (non-hydrogen) atoms. The van der Waals surface area contributed by atoms with Crippen molar-refractivity contribution in [2.45, 2.75) is 19.8 Å². The van der Waals surface area contributed by atoms with Gasteiger partial charge in [0.25, 0.3) is 0 Å². The standard InChI is InChI=1S/C23H23NO/c1-23(2,17-25)22(18-9-5-3-6-10-18)19-13-15-21(16-14-19)24-20-11-7-4-8-12-20/h3-17,22,24H,1-2H3. The van der Waals surface area contributed by atoms with Crippen molar-refractivity contribution in [2.75, 3.05) is 5.32 Å². The minimum absolute atomic E-state index is 0.0250. The Morgan fingerprint density at radius 2 is 1.20 bits per heavy atom. The maximum absolute atomic E-state index is 11.7. The van der Waals surface area contributed by atoms with Crippen LogP contribution in [0, 0.1) is 5.41 Å². The molecule has 3 aromatic carbocycles. The van der Waals surface area contributed by atoms with E-state index in [0.29, 0.717) is 0 Å². The third-order valence-corrected chi connectivity index (χ3v) is 4.49. The lowest BCUT2D eigenvalue weighted by molar-refractivity contribution is -0.115. The average molecular weight is 329 g/mol. The number of nitrogens with one attached hydrogen (secondary N) is 1. The highest BCUT2D eigenvalue weighted by Crippen LogP contribution is 2.39. The number of hydrogen-bond acceptors (Lipinski definition) is 2. The monoisotopic (exact) mass is 329 g/mol. The Kier molecular flexibility index (Phi) is 4.99. The molecule has 0 amide bonds. The smallest absolute Gasteiger partial charge is 0.126 e. The van der Waals surface area contributed by atoms with Crippen LogP contribution >= 0.6 is 0 Å².